The molecule has 1 atom stereocenters. The lowest BCUT2D eigenvalue weighted by Gasteiger charge is -2.31. The van der Waals surface area contributed by atoms with Gasteiger partial charge in [0.15, 0.2) is 5.78 Å². The molecule has 0 radical (unpaired) electrons. The number of likely N-dealkylation sites (tertiary alicyclic amines) is 1. The van der Waals surface area contributed by atoms with Gasteiger partial charge < -0.3 is 14.7 Å². The Kier molecular flexibility index (Phi) is 6.59. The first-order valence-electron chi connectivity index (χ1n) is 8.20. The van der Waals surface area contributed by atoms with E-state index in [1.807, 2.05) is 4.90 Å². The van der Waals surface area contributed by atoms with E-state index in [1.54, 1.807) is 31.4 Å². The minimum atomic E-state index is 0.0485. The number of carbonyl (C=O) groups is 2. The summed E-state index contributed by atoms with van der Waals surface area (Å²) in [5.41, 5.74) is 0.650. The van der Waals surface area contributed by atoms with Crippen LogP contribution >= 0.6 is 0 Å². The van der Waals surface area contributed by atoms with Crippen molar-refractivity contribution in [3.8, 4) is 5.75 Å². The summed E-state index contributed by atoms with van der Waals surface area (Å²) in [6.45, 7) is 1.54. The average molecular weight is 319 g/mol. The molecule has 1 fully saturated rings. The maximum absolute atomic E-state index is 12.2. The second kappa shape index (κ2) is 8.67. The molecule has 5 heteroatoms. The summed E-state index contributed by atoms with van der Waals surface area (Å²) in [7, 11) is 1.59. The number of nitrogens with zero attached hydrogens (tertiary/aromatic N) is 1. The molecule has 0 spiro atoms. The third kappa shape index (κ3) is 5.06. The Morgan fingerprint density at radius 3 is 2.65 bits per heavy atom. The molecule has 0 saturated carbocycles. The molecular weight excluding hydrogens is 294 g/mol. The first-order valence-corrected chi connectivity index (χ1v) is 8.20. The van der Waals surface area contributed by atoms with E-state index in [9.17, 15) is 14.7 Å². The summed E-state index contributed by atoms with van der Waals surface area (Å²) in [5, 5.41) is 9.21. The molecule has 23 heavy (non-hydrogen) atoms. The lowest BCUT2D eigenvalue weighted by Crippen LogP contribution is -2.40. The fraction of sp³-hybridized carbons (Fsp3) is 0.556. The normalized spacial score (nSPS) is 17.8. The van der Waals surface area contributed by atoms with Gasteiger partial charge in [-0.05, 0) is 49.4 Å². The highest BCUT2D eigenvalue weighted by atomic mass is 16.5. The van der Waals surface area contributed by atoms with Gasteiger partial charge in [0, 0.05) is 38.1 Å². The van der Waals surface area contributed by atoms with Crippen LogP contribution in [0.3, 0.4) is 0 Å². The van der Waals surface area contributed by atoms with Crippen molar-refractivity contribution >= 4 is 11.7 Å². The van der Waals surface area contributed by atoms with Crippen LogP contribution in [0, 0.1) is 5.92 Å². The van der Waals surface area contributed by atoms with E-state index in [-0.39, 0.29) is 24.2 Å². The van der Waals surface area contributed by atoms with Gasteiger partial charge in [-0.15, -0.1) is 0 Å². The molecule has 0 aliphatic carbocycles. The topological polar surface area (TPSA) is 66.8 Å². The molecule has 1 heterocycles. The van der Waals surface area contributed by atoms with Crippen molar-refractivity contribution in [3.63, 3.8) is 0 Å². The molecule has 0 aromatic heterocycles. The Morgan fingerprint density at radius 2 is 2.00 bits per heavy atom. The largest absolute Gasteiger partial charge is 0.497 e. The van der Waals surface area contributed by atoms with Crippen molar-refractivity contribution in [2.45, 2.75) is 32.1 Å². The molecular formula is C18H25NO4. The van der Waals surface area contributed by atoms with Gasteiger partial charge in [-0.1, -0.05) is 0 Å². The third-order valence-electron chi connectivity index (χ3n) is 4.34. The summed E-state index contributed by atoms with van der Waals surface area (Å²) in [4.78, 5) is 26.1. The number of amides is 1. The number of rotatable bonds is 7. The van der Waals surface area contributed by atoms with Crippen molar-refractivity contribution in [2.24, 2.45) is 5.92 Å². The molecule has 2 rings (SSSR count). The highest BCUT2D eigenvalue weighted by Crippen LogP contribution is 2.18. The molecule has 1 aliphatic rings. The van der Waals surface area contributed by atoms with Gasteiger partial charge in [0.25, 0.3) is 0 Å². The molecule has 1 unspecified atom stereocenters. The Hall–Kier alpha value is -1.88. The highest BCUT2D eigenvalue weighted by molar-refractivity contribution is 5.96. The number of ether oxygens (including phenoxy) is 1. The highest BCUT2D eigenvalue weighted by Gasteiger charge is 2.22. The molecule has 1 aromatic carbocycles. The quantitative estimate of drug-likeness (QED) is 0.783. The number of aliphatic hydroxyl groups excluding tert-OH is 1. The summed E-state index contributed by atoms with van der Waals surface area (Å²) in [5.74, 6) is 1.06. The first kappa shape index (κ1) is 17.5. The van der Waals surface area contributed by atoms with E-state index in [0.717, 1.165) is 25.1 Å². The van der Waals surface area contributed by atoms with Gasteiger partial charge in [-0.3, -0.25) is 9.59 Å². The van der Waals surface area contributed by atoms with Gasteiger partial charge in [0.1, 0.15) is 5.75 Å². The van der Waals surface area contributed by atoms with E-state index in [0.29, 0.717) is 31.4 Å². The SMILES string of the molecule is COc1ccc(C(=O)CCCC(=O)N2CCCC(CO)C2)cc1. The van der Waals surface area contributed by atoms with Crippen LogP contribution in [0.1, 0.15) is 42.5 Å². The van der Waals surface area contributed by atoms with Gasteiger partial charge in [0.05, 0.1) is 7.11 Å². The van der Waals surface area contributed by atoms with Crippen LogP contribution in [-0.4, -0.2) is 48.5 Å². The Labute approximate surface area is 137 Å². The van der Waals surface area contributed by atoms with Crippen molar-refractivity contribution in [1.82, 2.24) is 4.90 Å². The fourth-order valence-corrected chi connectivity index (χ4v) is 2.92. The van der Waals surface area contributed by atoms with Crippen molar-refractivity contribution in [1.29, 1.82) is 0 Å². The Bertz CT molecular complexity index is 526. The first-order chi connectivity index (χ1) is 11.1. The third-order valence-corrected chi connectivity index (χ3v) is 4.34. The molecule has 5 nitrogen and oxygen atoms in total. The van der Waals surface area contributed by atoms with Crippen molar-refractivity contribution < 1.29 is 19.4 Å². The molecule has 1 saturated heterocycles. The van der Waals surface area contributed by atoms with Gasteiger partial charge in [-0.2, -0.15) is 0 Å². The van der Waals surface area contributed by atoms with Crippen LogP contribution in [0.15, 0.2) is 24.3 Å². The van der Waals surface area contributed by atoms with Gasteiger partial charge in [0.2, 0.25) is 5.91 Å². The number of methoxy groups -OCH3 is 1. The zero-order chi connectivity index (χ0) is 16.7. The second-order valence-corrected chi connectivity index (χ2v) is 6.04. The minimum Gasteiger partial charge on any atom is -0.497 e. The van der Waals surface area contributed by atoms with Crippen LogP contribution in [0.25, 0.3) is 0 Å². The van der Waals surface area contributed by atoms with E-state index >= 15 is 0 Å². The van der Waals surface area contributed by atoms with E-state index in [1.165, 1.54) is 0 Å². The fourth-order valence-electron chi connectivity index (χ4n) is 2.92. The predicted molar refractivity (Wildman–Crippen MR) is 87.6 cm³/mol. The average Bonchev–Trinajstić information content (AvgIpc) is 2.61. The predicted octanol–water partition coefficient (Wildman–Crippen LogP) is 2.28. The van der Waals surface area contributed by atoms with Crippen LogP contribution in [-0.2, 0) is 4.79 Å². The zero-order valence-corrected chi connectivity index (χ0v) is 13.7. The summed E-state index contributed by atoms with van der Waals surface area (Å²) in [6.07, 6.45) is 3.25. The number of aliphatic hydroxyl groups is 1. The maximum atomic E-state index is 12.2. The van der Waals surface area contributed by atoms with Crippen molar-refractivity contribution in [2.75, 3.05) is 26.8 Å². The number of ketones is 1. The van der Waals surface area contributed by atoms with Crippen LogP contribution < -0.4 is 4.74 Å². The molecule has 1 N–H and O–H groups in total. The standard InChI is InChI=1S/C18H25NO4/c1-23-16-9-7-15(8-10-16)17(21)5-2-6-18(22)19-11-3-4-14(12-19)13-20/h7-10,14,20H,2-6,11-13H2,1H3. The molecule has 1 amide bonds. The smallest absolute Gasteiger partial charge is 0.222 e. The number of hydrogen-bond acceptors (Lipinski definition) is 4. The van der Waals surface area contributed by atoms with Crippen LogP contribution in [0.5, 0.6) is 5.75 Å². The lowest BCUT2D eigenvalue weighted by molar-refractivity contribution is -0.133. The maximum Gasteiger partial charge on any atom is 0.222 e. The summed E-state index contributed by atoms with van der Waals surface area (Å²) >= 11 is 0. The van der Waals surface area contributed by atoms with Crippen LogP contribution in [0.2, 0.25) is 0 Å². The molecule has 126 valence electrons. The van der Waals surface area contributed by atoms with Gasteiger partial charge >= 0.3 is 0 Å². The minimum absolute atomic E-state index is 0.0485. The van der Waals surface area contributed by atoms with Crippen molar-refractivity contribution in [3.05, 3.63) is 29.8 Å². The lowest BCUT2D eigenvalue weighted by atomic mass is 9.98. The Morgan fingerprint density at radius 1 is 1.26 bits per heavy atom. The van der Waals surface area contributed by atoms with E-state index in [4.69, 9.17) is 4.74 Å². The van der Waals surface area contributed by atoms with E-state index in [2.05, 4.69) is 0 Å². The number of piperidine rings is 1. The monoisotopic (exact) mass is 319 g/mol. The summed E-state index contributed by atoms with van der Waals surface area (Å²) in [6, 6.07) is 7.03. The number of carbonyl (C=O) groups excluding carboxylic acids is 2. The molecule has 1 aromatic rings. The van der Waals surface area contributed by atoms with Gasteiger partial charge in [-0.25, -0.2) is 0 Å². The second-order valence-electron chi connectivity index (χ2n) is 6.04. The zero-order valence-electron chi connectivity index (χ0n) is 13.7. The summed E-state index contributed by atoms with van der Waals surface area (Å²) < 4.78 is 5.07. The molecule has 0 bridgehead atoms. The Balaban J connectivity index is 1.75. The van der Waals surface area contributed by atoms with E-state index < -0.39 is 0 Å². The number of Topliss-reactive ketones (excluding diaryl/α,β-unsaturated/α-hetero) is 1. The molecule has 1 aliphatic heterocycles. The van der Waals surface area contributed by atoms with Crippen LogP contribution in [0.4, 0.5) is 0 Å². The number of benzene rings is 1. The number of hydrogen-bond donors (Lipinski definition) is 1.